The van der Waals surface area contributed by atoms with E-state index in [0.29, 0.717) is 5.75 Å². The van der Waals surface area contributed by atoms with Gasteiger partial charge < -0.3 is 5.11 Å². The van der Waals surface area contributed by atoms with E-state index in [0.717, 1.165) is 24.2 Å². The zero-order valence-corrected chi connectivity index (χ0v) is 9.43. The molecule has 0 unspecified atom stereocenters. The van der Waals surface area contributed by atoms with Crippen molar-refractivity contribution in [1.29, 1.82) is 0 Å². The summed E-state index contributed by atoms with van der Waals surface area (Å²) in [5.74, 6) is 0.290. The third-order valence-corrected chi connectivity index (χ3v) is 3.06. The number of phenols is 1. The lowest BCUT2D eigenvalue weighted by Gasteiger charge is -2.16. The van der Waals surface area contributed by atoms with E-state index in [2.05, 4.69) is 23.2 Å². The number of hydrogen-bond acceptors (Lipinski definition) is 2. The van der Waals surface area contributed by atoms with Crippen LogP contribution in [0.5, 0.6) is 5.75 Å². The molecule has 1 N–H and O–H groups in total. The van der Waals surface area contributed by atoms with E-state index in [1.807, 2.05) is 18.2 Å². The molecule has 1 heterocycles. The first kappa shape index (κ1) is 10.1. The molecular weight excluding hydrogens is 210 g/mol. The molecule has 2 heteroatoms. The van der Waals surface area contributed by atoms with Gasteiger partial charge in [-0.05, 0) is 36.2 Å². The minimum absolute atomic E-state index is 0.290. The Balaban J connectivity index is 2.09. The molecule has 0 radical (unpaired) electrons. The van der Waals surface area contributed by atoms with Crippen molar-refractivity contribution >= 4 is 5.71 Å². The molecule has 0 spiro atoms. The topological polar surface area (TPSA) is 32.6 Å². The Kier molecular flexibility index (Phi) is 2.41. The first-order valence-corrected chi connectivity index (χ1v) is 5.77. The summed E-state index contributed by atoms with van der Waals surface area (Å²) in [6, 6.07) is 15.6. The van der Waals surface area contributed by atoms with Crippen molar-refractivity contribution in [3.8, 4) is 5.75 Å². The molecule has 1 aliphatic rings. The second-order valence-corrected chi connectivity index (χ2v) is 4.18. The fourth-order valence-electron chi connectivity index (χ4n) is 2.21. The van der Waals surface area contributed by atoms with Crippen LogP contribution < -0.4 is 0 Å². The standard InChI is InChI=1S/C15H13NO/c17-13-7-5-12(6-8-13)15-14-4-2-1-3-11(14)9-10-16-15/h1-8,17H,9-10H2. The van der Waals surface area contributed by atoms with Gasteiger partial charge in [-0.1, -0.05) is 24.3 Å². The first-order chi connectivity index (χ1) is 8.34. The number of fused-ring (bicyclic) bond motifs is 1. The van der Waals surface area contributed by atoms with Gasteiger partial charge in [0.1, 0.15) is 5.75 Å². The summed E-state index contributed by atoms with van der Waals surface area (Å²) < 4.78 is 0. The second kappa shape index (κ2) is 4.06. The largest absolute Gasteiger partial charge is 0.508 e. The highest BCUT2D eigenvalue weighted by Gasteiger charge is 2.14. The number of phenolic OH excluding ortho intramolecular Hbond substituents is 1. The van der Waals surface area contributed by atoms with Crippen molar-refractivity contribution in [3.05, 3.63) is 65.2 Å². The summed E-state index contributed by atoms with van der Waals surface area (Å²) in [4.78, 5) is 4.61. The molecule has 2 aromatic rings. The van der Waals surface area contributed by atoms with Gasteiger partial charge in [-0.25, -0.2) is 0 Å². The van der Waals surface area contributed by atoms with Crippen LogP contribution >= 0.6 is 0 Å². The van der Waals surface area contributed by atoms with Crippen LogP contribution in [0.25, 0.3) is 0 Å². The first-order valence-electron chi connectivity index (χ1n) is 5.77. The third-order valence-electron chi connectivity index (χ3n) is 3.06. The highest BCUT2D eigenvalue weighted by atomic mass is 16.3. The van der Waals surface area contributed by atoms with E-state index in [9.17, 15) is 5.11 Å². The fourth-order valence-corrected chi connectivity index (χ4v) is 2.21. The van der Waals surface area contributed by atoms with Crippen molar-refractivity contribution in [2.45, 2.75) is 6.42 Å². The van der Waals surface area contributed by atoms with E-state index >= 15 is 0 Å². The fraction of sp³-hybridized carbons (Fsp3) is 0.133. The number of nitrogens with zero attached hydrogens (tertiary/aromatic N) is 1. The summed E-state index contributed by atoms with van der Waals surface area (Å²) in [5.41, 5.74) is 4.66. The molecule has 0 saturated carbocycles. The molecule has 0 saturated heterocycles. The molecule has 0 atom stereocenters. The average Bonchev–Trinajstić information content (AvgIpc) is 2.39. The van der Waals surface area contributed by atoms with E-state index in [-0.39, 0.29) is 0 Å². The maximum Gasteiger partial charge on any atom is 0.115 e. The highest BCUT2D eigenvalue weighted by Crippen LogP contribution is 2.21. The van der Waals surface area contributed by atoms with Crippen LogP contribution in [0, 0.1) is 0 Å². The number of benzene rings is 2. The van der Waals surface area contributed by atoms with Crippen LogP contribution in [0.4, 0.5) is 0 Å². The molecule has 3 rings (SSSR count). The second-order valence-electron chi connectivity index (χ2n) is 4.18. The minimum atomic E-state index is 0.290. The van der Waals surface area contributed by atoms with Crippen LogP contribution in [0.15, 0.2) is 53.5 Å². The lowest BCUT2D eigenvalue weighted by Crippen LogP contribution is -2.13. The van der Waals surface area contributed by atoms with E-state index in [4.69, 9.17) is 0 Å². The summed E-state index contributed by atoms with van der Waals surface area (Å²) in [6.07, 6.45) is 1.01. The molecule has 0 amide bonds. The van der Waals surface area contributed by atoms with Crippen molar-refractivity contribution < 1.29 is 5.11 Å². The van der Waals surface area contributed by atoms with Gasteiger partial charge >= 0.3 is 0 Å². The van der Waals surface area contributed by atoms with Gasteiger partial charge in [0.05, 0.1) is 5.71 Å². The zero-order chi connectivity index (χ0) is 11.7. The van der Waals surface area contributed by atoms with E-state index in [1.165, 1.54) is 11.1 Å². The van der Waals surface area contributed by atoms with Gasteiger partial charge in [0.15, 0.2) is 0 Å². The van der Waals surface area contributed by atoms with Gasteiger partial charge in [-0.15, -0.1) is 0 Å². The monoisotopic (exact) mass is 223 g/mol. The lowest BCUT2D eigenvalue weighted by molar-refractivity contribution is 0.475. The summed E-state index contributed by atoms with van der Waals surface area (Å²) >= 11 is 0. The Hall–Kier alpha value is -2.09. The number of aliphatic imine (C=N–C) groups is 1. The van der Waals surface area contributed by atoms with Crippen LogP contribution in [-0.4, -0.2) is 17.4 Å². The van der Waals surface area contributed by atoms with Crippen LogP contribution in [0.1, 0.15) is 16.7 Å². The predicted molar refractivity (Wildman–Crippen MR) is 68.8 cm³/mol. The molecule has 0 bridgehead atoms. The Morgan fingerprint density at radius 1 is 0.941 bits per heavy atom. The zero-order valence-electron chi connectivity index (χ0n) is 9.43. The van der Waals surface area contributed by atoms with Crippen molar-refractivity contribution in [1.82, 2.24) is 0 Å². The van der Waals surface area contributed by atoms with Gasteiger partial charge in [-0.2, -0.15) is 0 Å². The molecule has 17 heavy (non-hydrogen) atoms. The molecule has 2 aromatic carbocycles. The summed E-state index contributed by atoms with van der Waals surface area (Å²) in [7, 11) is 0. The SMILES string of the molecule is Oc1ccc(C2=NCCc3ccccc32)cc1. The van der Waals surface area contributed by atoms with Gasteiger partial charge in [0.2, 0.25) is 0 Å². The van der Waals surface area contributed by atoms with E-state index in [1.54, 1.807) is 12.1 Å². The van der Waals surface area contributed by atoms with E-state index < -0.39 is 0 Å². The van der Waals surface area contributed by atoms with Crippen LogP contribution in [-0.2, 0) is 6.42 Å². The van der Waals surface area contributed by atoms with Gasteiger partial charge in [0, 0.05) is 17.7 Å². The van der Waals surface area contributed by atoms with Crippen LogP contribution in [0.2, 0.25) is 0 Å². The summed E-state index contributed by atoms with van der Waals surface area (Å²) in [5, 5.41) is 9.31. The molecule has 84 valence electrons. The van der Waals surface area contributed by atoms with Gasteiger partial charge in [-0.3, -0.25) is 4.99 Å². The quantitative estimate of drug-likeness (QED) is 0.792. The smallest absolute Gasteiger partial charge is 0.115 e. The Morgan fingerprint density at radius 3 is 2.53 bits per heavy atom. The lowest BCUT2D eigenvalue weighted by atomic mass is 9.93. The molecule has 2 nitrogen and oxygen atoms in total. The molecule has 0 aromatic heterocycles. The Morgan fingerprint density at radius 2 is 1.71 bits per heavy atom. The van der Waals surface area contributed by atoms with Crippen LogP contribution in [0.3, 0.4) is 0 Å². The Bertz CT molecular complexity index is 570. The van der Waals surface area contributed by atoms with Crippen molar-refractivity contribution in [2.75, 3.05) is 6.54 Å². The maximum atomic E-state index is 9.31. The van der Waals surface area contributed by atoms with Crippen molar-refractivity contribution in [3.63, 3.8) is 0 Å². The number of rotatable bonds is 1. The number of aromatic hydroxyl groups is 1. The molecule has 0 aliphatic carbocycles. The average molecular weight is 223 g/mol. The van der Waals surface area contributed by atoms with Crippen molar-refractivity contribution in [2.24, 2.45) is 4.99 Å². The molecule has 1 aliphatic heterocycles. The molecule has 0 fully saturated rings. The number of hydrogen-bond donors (Lipinski definition) is 1. The third kappa shape index (κ3) is 1.82. The minimum Gasteiger partial charge on any atom is -0.508 e. The predicted octanol–water partition coefficient (Wildman–Crippen LogP) is 2.79. The highest BCUT2D eigenvalue weighted by molar-refractivity contribution is 6.14. The van der Waals surface area contributed by atoms with Gasteiger partial charge in [0.25, 0.3) is 0 Å². The normalized spacial score (nSPS) is 14.0. The molecular formula is C15H13NO. The Labute approximate surface area is 100 Å². The summed E-state index contributed by atoms with van der Waals surface area (Å²) in [6.45, 7) is 0.840. The maximum absolute atomic E-state index is 9.31.